The first-order valence-corrected chi connectivity index (χ1v) is 12.0. The topological polar surface area (TPSA) is 73.8 Å². The molecule has 0 aromatic heterocycles. The van der Waals surface area contributed by atoms with Crippen LogP contribution < -0.4 is 0 Å². The van der Waals surface area contributed by atoms with Crippen molar-refractivity contribution in [3.63, 3.8) is 0 Å². The Balaban J connectivity index is 5.29. The van der Waals surface area contributed by atoms with Crippen molar-refractivity contribution in [2.75, 3.05) is 49.8 Å². The summed E-state index contributed by atoms with van der Waals surface area (Å²) in [6.07, 6.45) is 0. The summed E-state index contributed by atoms with van der Waals surface area (Å²) in [5.74, 6) is 0. The predicted octanol–water partition coefficient (Wildman–Crippen LogP) is 0.514. The summed E-state index contributed by atoms with van der Waals surface area (Å²) in [7, 11) is 1.74. The van der Waals surface area contributed by atoms with E-state index in [4.69, 9.17) is 35.1 Å². The fraction of sp³-hybridized carbons (Fsp3) is 1.00. The summed E-state index contributed by atoms with van der Waals surface area (Å²) in [5.41, 5.74) is 0.256. The van der Waals surface area contributed by atoms with Crippen molar-refractivity contribution >= 4 is 26.4 Å². The Morgan fingerprint density at radius 1 is 0.550 bits per heavy atom. The van der Waals surface area contributed by atoms with Crippen molar-refractivity contribution in [3.05, 3.63) is 0 Å². The molecule has 0 aromatic rings. The largest absolute Gasteiger partial charge is 0.504 e. The van der Waals surface area contributed by atoms with Gasteiger partial charge >= 0.3 is 26.4 Å². The summed E-state index contributed by atoms with van der Waals surface area (Å²) < 4.78 is 43.8. The van der Waals surface area contributed by atoms with Gasteiger partial charge in [0.1, 0.15) is 0 Å². The summed E-state index contributed by atoms with van der Waals surface area (Å²) in [6.45, 7) is 1.75. The lowest BCUT2D eigenvalue weighted by molar-refractivity contribution is 0.0812. The van der Waals surface area contributed by atoms with Crippen LogP contribution >= 0.6 is 0 Å². The number of rotatable bonds is 11. The van der Waals surface area contributed by atoms with Crippen molar-refractivity contribution in [3.8, 4) is 0 Å². The van der Waals surface area contributed by atoms with Crippen molar-refractivity contribution < 1.29 is 35.1 Å². The van der Waals surface area contributed by atoms with Gasteiger partial charge in [-0.3, -0.25) is 0 Å². The Bertz CT molecular complexity index is 260. The molecular weight excluding hydrogens is 320 g/mol. The molecule has 0 spiro atoms. The van der Waals surface area contributed by atoms with Gasteiger partial charge in [-0.2, -0.15) is 0 Å². The van der Waals surface area contributed by atoms with Crippen LogP contribution in [0.15, 0.2) is 0 Å². The summed E-state index contributed by atoms with van der Waals surface area (Å²) in [4.78, 5) is 0. The maximum absolute atomic E-state index is 5.97. The van der Waals surface area contributed by atoms with Crippen LogP contribution in [0.5, 0.6) is 0 Å². The molecule has 0 bridgehead atoms. The molecule has 11 heteroatoms. The molecule has 8 nitrogen and oxygen atoms in total. The first kappa shape index (κ1) is 20.3. The Hall–Kier alpha value is 0.331. The van der Waals surface area contributed by atoms with Crippen molar-refractivity contribution in [2.24, 2.45) is 0 Å². The highest BCUT2D eigenvalue weighted by molar-refractivity contribution is 6.84. The second-order valence-corrected chi connectivity index (χ2v) is 13.5. The van der Waals surface area contributed by atoms with E-state index < -0.39 is 26.4 Å². The average Bonchev–Trinajstić information content (AvgIpc) is 2.51. The molecule has 0 heterocycles. The van der Waals surface area contributed by atoms with E-state index in [0.717, 1.165) is 0 Å². The molecule has 20 heavy (non-hydrogen) atoms. The standard InChI is InChI=1S/C9H26O8Si3/c1-10-18(8,11-2)17-20(15-6,16-7)9-19(12-3,13-4)14-5/h9H2,1-8H3. The van der Waals surface area contributed by atoms with E-state index in [0.29, 0.717) is 0 Å². The predicted molar refractivity (Wildman–Crippen MR) is 78.1 cm³/mol. The van der Waals surface area contributed by atoms with E-state index >= 15 is 0 Å². The van der Waals surface area contributed by atoms with Gasteiger partial charge in [0.15, 0.2) is 0 Å². The fourth-order valence-corrected chi connectivity index (χ4v) is 11.9. The Labute approximate surface area is 124 Å². The first-order chi connectivity index (χ1) is 9.34. The van der Waals surface area contributed by atoms with Gasteiger partial charge in [0.25, 0.3) is 0 Å². The summed E-state index contributed by atoms with van der Waals surface area (Å²) in [5, 5.41) is 0. The highest BCUT2D eigenvalue weighted by atomic mass is 28.5. The monoisotopic (exact) mass is 346 g/mol. The van der Waals surface area contributed by atoms with Gasteiger partial charge in [-0.05, 0) is 0 Å². The zero-order valence-electron chi connectivity index (χ0n) is 13.5. The number of hydrogen-bond acceptors (Lipinski definition) is 8. The van der Waals surface area contributed by atoms with Gasteiger partial charge in [-0.1, -0.05) is 0 Å². The van der Waals surface area contributed by atoms with Crippen LogP contribution in [-0.2, 0) is 35.1 Å². The molecule has 0 saturated carbocycles. The van der Waals surface area contributed by atoms with E-state index in [2.05, 4.69) is 0 Å². The Morgan fingerprint density at radius 2 is 0.900 bits per heavy atom. The van der Waals surface area contributed by atoms with Gasteiger partial charge in [0.05, 0.1) is 5.67 Å². The van der Waals surface area contributed by atoms with Gasteiger partial charge in [-0.25, -0.2) is 0 Å². The zero-order chi connectivity index (χ0) is 15.9. The van der Waals surface area contributed by atoms with Gasteiger partial charge in [0.2, 0.25) is 0 Å². The van der Waals surface area contributed by atoms with Crippen molar-refractivity contribution in [1.29, 1.82) is 0 Å². The average molecular weight is 347 g/mol. The normalized spacial score (nSPS) is 13.8. The second-order valence-electron chi connectivity index (χ2n) is 3.94. The maximum Gasteiger partial charge on any atom is 0.504 e. The Kier molecular flexibility index (Phi) is 8.84. The van der Waals surface area contributed by atoms with Crippen molar-refractivity contribution in [1.82, 2.24) is 0 Å². The lowest BCUT2D eigenvalue weighted by Gasteiger charge is -2.36. The molecule has 0 radical (unpaired) electrons. The zero-order valence-corrected chi connectivity index (χ0v) is 16.5. The van der Waals surface area contributed by atoms with Crippen molar-refractivity contribution in [2.45, 2.75) is 12.2 Å². The van der Waals surface area contributed by atoms with Crippen LogP contribution in [-0.4, -0.2) is 76.2 Å². The molecule has 0 aliphatic carbocycles. The summed E-state index contributed by atoms with van der Waals surface area (Å²) >= 11 is 0. The third kappa shape index (κ3) is 4.96. The van der Waals surface area contributed by atoms with Crippen LogP contribution in [0.4, 0.5) is 0 Å². The molecule has 122 valence electrons. The maximum atomic E-state index is 5.97. The SMILES string of the molecule is CO[Si](C)(OC)O[Si](C[Si](OC)(OC)OC)(OC)OC. The van der Waals surface area contributed by atoms with Crippen LogP contribution in [0.3, 0.4) is 0 Å². The lowest BCUT2D eigenvalue weighted by atomic mass is 11.8. The minimum atomic E-state index is -3.12. The molecule has 0 saturated heterocycles. The van der Waals surface area contributed by atoms with Crippen LogP contribution in [0.25, 0.3) is 0 Å². The lowest BCUT2D eigenvalue weighted by Crippen LogP contribution is -2.61. The second kappa shape index (κ2) is 8.70. The molecule has 0 aliphatic heterocycles. The molecule has 0 aromatic carbocycles. The van der Waals surface area contributed by atoms with E-state index in [-0.39, 0.29) is 5.67 Å². The van der Waals surface area contributed by atoms with E-state index in [1.54, 1.807) is 6.55 Å². The van der Waals surface area contributed by atoms with Gasteiger partial charge in [0, 0.05) is 56.3 Å². The van der Waals surface area contributed by atoms with Crippen LogP contribution in [0, 0.1) is 0 Å². The Morgan fingerprint density at radius 3 is 1.15 bits per heavy atom. The molecule has 0 fully saturated rings. The van der Waals surface area contributed by atoms with Gasteiger partial charge < -0.3 is 35.1 Å². The smallest absolute Gasteiger partial charge is 0.377 e. The summed E-state index contributed by atoms with van der Waals surface area (Å²) in [6, 6.07) is 0. The molecule has 0 N–H and O–H groups in total. The number of hydrogen-bond donors (Lipinski definition) is 0. The third-order valence-electron chi connectivity index (χ3n) is 3.07. The minimum absolute atomic E-state index is 0.256. The van der Waals surface area contributed by atoms with Crippen LogP contribution in [0.1, 0.15) is 0 Å². The fourth-order valence-electron chi connectivity index (χ4n) is 1.53. The van der Waals surface area contributed by atoms with E-state index in [1.807, 2.05) is 0 Å². The highest BCUT2D eigenvalue weighted by Gasteiger charge is 2.58. The molecular formula is C9H26O8Si3. The minimum Gasteiger partial charge on any atom is -0.377 e. The van der Waals surface area contributed by atoms with E-state index in [1.165, 1.54) is 49.8 Å². The van der Waals surface area contributed by atoms with E-state index in [9.17, 15) is 0 Å². The third-order valence-corrected chi connectivity index (χ3v) is 13.9. The highest BCUT2D eigenvalue weighted by Crippen LogP contribution is 2.27. The molecule has 0 atom stereocenters. The molecule has 0 aliphatic rings. The first-order valence-electron chi connectivity index (χ1n) is 5.90. The molecule has 0 unspecified atom stereocenters. The molecule has 0 rings (SSSR count). The van der Waals surface area contributed by atoms with Gasteiger partial charge in [-0.15, -0.1) is 0 Å². The molecule has 0 amide bonds. The van der Waals surface area contributed by atoms with Crippen LogP contribution in [0.2, 0.25) is 12.2 Å². The quantitative estimate of drug-likeness (QED) is 0.501.